The van der Waals surface area contributed by atoms with Crippen LogP contribution in [0.1, 0.15) is 57.2 Å². The van der Waals surface area contributed by atoms with Crippen molar-refractivity contribution >= 4 is 0 Å². The average Bonchev–Trinajstić information content (AvgIpc) is 2.89. The van der Waals surface area contributed by atoms with E-state index in [0.29, 0.717) is 12.0 Å². The molecular formula is C13H23N3O2. The first-order valence-corrected chi connectivity index (χ1v) is 6.87. The van der Waals surface area contributed by atoms with Crippen molar-refractivity contribution in [1.29, 1.82) is 0 Å². The van der Waals surface area contributed by atoms with Gasteiger partial charge in [-0.1, -0.05) is 19.0 Å². The summed E-state index contributed by atoms with van der Waals surface area (Å²) >= 11 is 0. The van der Waals surface area contributed by atoms with Gasteiger partial charge in [0, 0.05) is 25.2 Å². The minimum atomic E-state index is 0.242. The van der Waals surface area contributed by atoms with Crippen LogP contribution in [-0.2, 0) is 4.74 Å². The number of hydrogen-bond donors (Lipinski definition) is 1. The van der Waals surface area contributed by atoms with Gasteiger partial charge < -0.3 is 14.6 Å². The number of rotatable bonds is 5. The minimum Gasteiger partial charge on any atom is -0.381 e. The maximum atomic E-state index is 5.41. The Balaban J connectivity index is 2.00. The quantitative estimate of drug-likeness (QED) is 0.870. The van der Waals surface area contributed by atoms with Crippen molar-refractivity contribution < 1.29 is 9.26 Å². The highest BCUT2D eigenvalue weighted by Gasteiger charge is 2.24. The molecule has 1 N–H and O–H groups in total. The normalized spacial score (nSPS) is 20.8. The molecule has 2 unspecified atom stereocenters. The lowest BCUT2D eigenvalue weighted by Crippen LogP contribution is -2.30. The summed E-state index contributed by atoms with van der Waals surface area (Å²) in [5.74, 6) is 2.23. The summed E-state index contributed by atoms with van der Waals surface area (Å²) in [4.78, 5) is 4.56. The van der Waals surface area contributed by atoms with Crippen LogP contribution in [0.4, 0.5) is 0 Å². The fourth-order valence-corrected chi connectivity index (χ4v) is 2.27. The molecule has 5 heteroatoms. The standard InChI is InChI=1S/C13H23N3O2/c1-4-14-10(3)9(2)13-15-12(16-18-13)11-5-7-17-8-6-11/h9-11,14H,4-8H2,1-3H3. The van der Waals surface area contributed by atoms with Crippen LogP contribution in [0.25, 0.3) is 0 Å². The number of ether oxygens (including phenoxy) is 1. The lowest BCUT2D eigenvalue weighted by atomic mass is 9.99. The van der Waals surface area contributed by atoms with Crippen LogP contribution in [0, 0.1) is 0 Å². The lowest BCUT2D eigenvalue weighted by molar-refractivity contribution is 0.0830. The summed E-state index contributed by atoms with van der Waals surface area (Å²) in [5.41, 5.74) is 0. The first-order valence-electron chi connectivity index (χ1n) is 6.87. The van der Waals surface area contributed by atoms with E-state index in [0.717, 1.165) is 44.3 Å². The number of hydrogen-bond acceptors (Lipinski definition) is 5. The Morgan fingerprint density at radius 3 is 2.72 bits per heavy atom. The predicted octanol–water partition coefficient (Wildman–Crippen LogP) is 2.07. The molecule has 0 aliphatic carbocycles. The fourth-order valence-electron chi connectivity index (χ4n) is 2.27. The van der Waals surface area contributed by atoms with Gasteiger partial charge in [-0.3, -0.25) is 0 Å². The third-order valence-corrected chi connectivity index (χ3v) is 3.71. The smallest absolute Gasteiger partial charge is 0.231 e. The molecular weight excluding hydrogens is 230 g/mol. The zero-order valence-electron chi connectivity index (χ0n) is 11.5. The van der Waals surface area contributed by atoms with Gasteiger partial charge >= 0.3 is 0 Å². The van der Waals surface area contributed by atoms with E-state index in [2.05, 4.69) is 36.2 Å². The van der Waals surface area contributed by atoms with Crippen LogP contribution in [0.5, 0.6) is 0 Å². The fraction of sp³-hybridized carbons (Fsp3) is 0.846. The highest BCUT2D eigenvalue weighted by molar-refractivity contribution is 5.01. The second-order valence-corrected chi connectivity index (χ2v) is 5.01. The van der Waals surface area contributed by atoms with E-state index in [-0.39, 0.29) is 5.92 Å². The molecule has 0 aromatic carbocycles. The molecule has 1 aromatic rings. The summed E-state index contributed by atoms with van der Waals surface area (Å²) < 4.78 is 10.8. The van der Waals surface area contributed by atoms with E-state index < -0.39 is 0 Å². The highest BCUT2D eigenvalue weighted by Crippen LogP contribution is 2.26. The SMILES string of the molecule is CCNC(C)C(C)c1nc(C2CCOCC2)no1. The second kappa shape index (κ2) is 6.29. The molecule has 1 aliphatic rings. The molecule has 2 heterocycles. The molecule has 0 bridgehead atoms. The van der Waals surface area contributed by atoms with Crippen molar-refractivity contribution in [3.63, 3.8) is 0 Å². The Labute approximate surface area is 108 Å². The summed E-state index contributed by atoms with van der Waals surface area (Å²) in [6.45, 7) is 8.92. The maximum absolute atomic E-state index is 5.41. The van der Waals surface area contributed by atoms with Gasteiger partial charge in [0.2, 0.25) is 5.89 Å². The van der Waals surface area contributed by atoms with Crippen LogP contribution < -0.4 is 5.32 Å². The van der Waals surface area contributed by atoms with Crippen molar-refractivity contribution in [3.8, 4) is 0 Å². The second-order valence-electron chi connectivity index (χ2n) is 5.01. The van der Waals surface area contributed by atoms with Crippen molar-refractivity contribution in [1.82, 2.24) is 15.5 Å². The average molecular weight is 253 g/mol. The molecule has 2 atom stereocenters. The van der Waals surface area contributed by atoms with Crippen molar-refractivity contribution in [3.05, 3.63) is 11.7 Å². The van der Waals surface area contributed by atoms with Crippen LogP contribution in [-0.4, -0.2) is 35.9 Å². The van der Waals surface area contributed by atoms with Gasteiger partial charge in [-0.2, -0.15) is 4.98 Å². The molecule has 1 aliphatic heterocycles. The van der Waals surface area contributed by atoms with Gasteiger partial charge in [0.05, 0.1) is 5.92 Å². The largest absolute Gasteiger partial charge is 0.381 e. The monoisotopic (exact) mass is 253 g/mol. The van der Waals surface area contributed by atoms with E-state index in [1.54, 1.807) is 0 Å². The van der Waals surface area contributed by atoms with Crippen molar-refractivity contribution in [2.75, 3.05) is 19.8 Å². The summed E-state index contributed by atoms with van der Waals surface area (Å²) in [6.07, 6.45) is 1.99. The predicted molar refractivity (Wildman–Crippen MR) is 68.6 cm³/mol. The van der Waals surface area contributed by atoms with Crippen LogP contribution in [0.15, 0.2) is 4.52 Å². The highest BCUT2D eigenvalue weighted by atomic mass is 16.5. The molecule has 0 amide bonds. The van der Waals surface area contributed by atoms with Gasteiger partial charge in [-0.05, 0) is 26.3 Å². The Hall–Kier alpha value is -0.940. The molecule has 2 rings (SSSR count). The van der Waals surface area contributed by atoms with Crippen LogP contribution in [0.2, 0.25) is 0 Å². The molecule has 5 nitrogen and oxygen atoms in total. The number of likely N-dealkylation sites (N-methyl/N-ethyl adjacent to an activating group) is 1. The number of aromatic nitrogens is 2. The van der Waals surface area contributed by atoms with E-state index in [4.69, 9.17) is 9.26 Å². The third kappa shape index (κ3) is 3.09. The van der Waals surface area contributed by atoms with Gasteiger partial charge in [0.1, 0.15) is 0 Å². The molecule has 0 radical (unpaired) electrons. The zero-order valence-corrected chi connectivity index (χ0v) is 11.5. The first kappa shape index (κ1) is 13.5. The summed E-state index contributed by atoms with van der Waals surface area (Å²) in [5, 5.41) is 7.52. The topological polar surface area (TPSA) is 60.2 Å². The van der Waals surface area contributed by atoms with E-state index >= 15 is 0 Å². The summed E-state index contributed by atoms with van der Waals surface area (Å²) in [6, 6.07) is 0.345. The number of nitrogens with one attached hydrogen (secondary N) is 1. The number of nitrogens with zero attached hydrogens (tertiary/aromatic N) is 2. The maximum Gasteiger partial charge on any atom is 0.231 e. The summed E-state index contributed by atoms with van der Waals surface area (Å²) in [7, 11) is 0. The Kier molecular flexibility index (Phi) is 4.72. The molecule has 18 heavy (non-hydrogen) atoms. The molecule has 1 saturated heterocycles. The van der Waals surface area contributed by atoms with Gasteiger partial charge in [0.15, 0.2) is 5.82 Å². The van der Waals surface area contributed by atoms with Gasteiger partial charge in [-0.25, -0.2) is 0 Å². The van der Waals surface area contributed by atoms with Crippen LogP contribution in [0.3, 0.4) is 0 Å². The third-order valence-electron chi connectivity index (χ3n) is 3.71. The first-order chi connectivity index (χ1) is 8.72. The van der Waals surface area contributed by atoms with E-state index in [9.17, 15) is 0 Å². The van der Waals surface area contributed by atoms with Crippen LogP contribution >= 0.6 is 0 Å². The Bertz CT molecular complexity index is 361. The molecule has 1 aromatic heterocycles. The van der Waals surface area contributed by atoms with Gasteiger partial charge in [0.25, 0.3) is 0 Å². The van der Waals surface area contributed by atoms with Crippen molar-refractivity contribution in [2.45, 2.75) is 51.5 Å². The van der Waals surface area contributed by atoms with E-state index in [1.165, 1.54) is 0 Å². The lowest BCUT2D eigenvalue weighted by Gasteiger charge is -2.19. The zero-order chi connectivity index (χ0) is 13.0. The molecule has 102 valence electrons. The Morgan fingerprint density at radius 2 is 2.06 bits per heavy atom. The van der Waals surface area contributed by atoms with Gasteiger partial charge in [-0.15, -0.1) is 0 Å². The molecule has 0 saturated carbocycles. The molecule has 1 fully saturated rings. The van der Waals surface area contributed by atoms with Crippen molar-refractivity contribution in [2.24, 2.45) is 0 Å². The Morgan fingerprint density at radius 1 is 1.33 bits per heavy atom. The minimum absolute atomic E-state index is 0.242. The molecule has 0 spiro atoms. The van der Waals surface area contributed by atoms with E-state index in [1.807, 2.05) is 0 Å².